The van der Waals surface area contributed by atoms with E-state index in [1.165, 1.54) is 134 Å². The Morgan fingerprint density at radius 2 is 0.593 bits per heavy atom. The fourth-order valence-electron chi connectivity index (χ4n) is 4.01. The van der Waals surface area contributed by atoms with Gasteiger partial charge in [0.1, 0.15) is 0 Å². The van der Waals surface area contributed by atoms with E-state index in [0.29, 0.717) is 0 Å². The van der Waals surface area contributed by atoms with E-state index < -0.39 is 8.07 Å². The second kappa shape index (κ2) is 20.9. The smallest absolute Gasteiger partial charge is 0.0442 e. The van der Waals surface area contributed by atoms with Crippen molar-refractivity contribution in [2.75, 3.05) is 0 Å². The van der Waals surface area contributed by atoms with Crippen molar-refractivity contribution in [3.05, 3.63) is 6.92 Å². The van der Waals surface area contributed by atoms with Gasteiger partial charge in [-0.15, -0.1) is 0 Å². The van der Waals surface area contributed by atoms with Crippen LogP contribution in [0.5, 0.6) is 0 Å². The molecule has 1 radical (unpaired) electrons. The second-order valence-corrected chi connectivity index (χ2v) is 15.9. The van der Waals surface area contributed by atoms with E-state index in [9.17, 15) is 0 Å². The Bertz CT molecular complexity index is 266. The first-order valence-electron chi connectivity index (χ1n) is 12.9. The van der Waals surface area contributed by atoms with Crippen molar-refractivity contribution >= 4 is 8.07 Å². The summed E-state index contributed by atoms with van der Waals surface area (Å²) in [7, 11) is -0.774. The lowest BCUT2D eigenvalue weighted by molar-refractivity contribution is 0.522. The van der Waals surface area contributed by atoms with E-state index >= 15 is 0 Å². The Kier molecular flexibility index (Phi) is 21.1. The van der Waals surface area contributed by atoms with E-state index in [-0.39, 0.29) is 0 Å². The Hall–Kier alpha value is 0.217. The molecule has 0 saturated carbocycles. The van der Waals surface area contributed by atoms with Gasteiger partial charge in [0.05, 0.1) is 0 Å². The van der Waals surface area contributed by atoms with Gasteiger partial charge in [-0.05, 0) is 0 Å². The lowest BCUT2D eigenvalue weighted by atomic mass is 10.0. The second-order valence-electron chi connectivity index (χ2n) is 10.2. The minimum Gasteiger partial charge on any atom is -0.0695 e. The molecule has 1 heteroatoms. The average Bonchev–Trinajstić information content (AvgIpc) is 2.62. The van der Waals surface area contributed by atoms with Crippen molar-refractivity contribution in [1.82, 2.24) is 0 Å². The number of unbranched alkanes of at least 4 members (excludes halogenated alkanes) is 20. The van der Waals surface area contributed by atoms with Gasteiger partial charge in [0.2, 0.25) is 0 Å². The zero-order valence-electron chi connectivity index (χ0n) is 19.8. The van der Waals surface area contributed by atoms with Crippen LogP contribution >= 0.6 is 0 Å². The van der Waals surface area contributed by atoms with Gasteiger partial charge in [0.15, 0.2) is 0 Å². The van der Waals surface area contributed by atoms with Crippen molar-refractivity contribution in [3.8, 4) is 0 Å². The maximum Gasteiger partial charge on any atom is 0.0442 e. The molecule has 0 spiro atoms. The molecular weight excluding hydrogens is 340 g/mol. The Morgan fingerprint density at radius 3 is 0.815 bits per heavy atom. The summed E-state index contributed by atoms with van der Waals surface area (Å²) < 4.78 is 0. The number of hydrogen-bond acceptors (Lipinski definition) is 0. The molecule has 0 fully saturated rings. The van der Waals surface area contributed by atoms with E-state index in [0.717, 1.165) is 6.42 Å². The molecule has 0 saturated heterocycles. The van der Waals surface area contributed by atoms with Crippen LogP contribution in [0.1, 0.15) is 135 Å². The predicted molar refractivity (Wildman–Crippen MR) is 130 cm³/mol. The molecule has 0 rings (SSSR count). The maximum atomic E-state index is 3.91. The number of rotatable bonds is 22. The highest BCUT2D eigenvalue weighted by Gasteiger charge is 2.11. The Labute approximate surface area is 175 Å². The minimum atomic E-state index is -0.774. The molecule has 0 N–H and O–H groups in total. The van der Waals surface area contributed by atoms with Gasteiger partial charge in [-0.2, -0.15) is 0 Å². The lowest BCUT2D eigenvalue weighted by Crippen LogP contribution is -2.18. The quantitative estimate of drug-likeness (QED) is 0.126. The first-order valence-corrected chi connectivity index (χ1v) is 16.6. The largest absolute Gasteiger partial charge is 0.0695 e. The highest BCUT2D eigenvalue weighted by atomic mass is 28.3. The lowest BCUT2D eigenvalue weighted by Gasteiger charge is -2.14. The van der Waals surface area contributed by atoms with E-state index in [1.54, 1.807) is 0 Å². The SMILES string of the molecule is [CH2]CCCCCCCCCCCCCCCCCCCCCC[Si](C)(C)C. The molecule has 0 heterocycles. The summed E-state index contributed by atoms with van der Waals surface area (Å²) >= 11 is 0. The van der Waals surface area contributed by atoms with Crippen LogP contribution < -0.4 is 0 Å². The van der Waals surface area contributed by atoms with Gasteiger partial charge >= 0.3 is 0 Å². The van der Waals surface area contributed by atoms with Crippen molar-refractivity contribution in [2.24, 2.45) is 0 Å². The fourth-order valence-corrected chi connectivity index (χ4v) is 5.32. The molecule has 0 aromatic rings. The molecular formula is C26H55Si. The highest BCUT2D eigenvalue weighted by molar-refractivity contribution is 6.76. The van der Waals surface area contributed by atoms with Crippen molar-refractivity contribution in [1.29, 1.82) is 0 Å². The van der Waals surface area contributed by atoms with Crippen LogP contribution in [0, 0.1) is 6.92 Å². The molecule has 27 heavy (non-hydrogen) atoms. The highest BCUT2D eigenvalue weighted by Crippen LogP contribution is 2.17. The summed E-state index contributed by atoms with van der Waals surface area (Å²) in [5.74, 6) is 0. The van der Waals surface area contributed by atoms with Gasteiger partial charge < -0.3 is 0 Å². The van der Waals surface area contributed by atoms with Crippen molar-refractivity contribution in [3.63, 3.8) is 0 Å². The zero-order valence-corrected chi connectivity index (χ0v) is 20.8. The minimum absolute atomic E-state index is 0.774. The molecule has 0 unspecified atom stereocenters. The number of hydrogen-bond donors (Lipinski definition) is 0. The standard InChI is InChI=1S/C26H55Si/c1-5-6-7-8-9-10-11-12-13-14-15-16-17-18-19-20-21-22-23-24-25-26-27(2,3)4/h1,5-26H2,2-4H3. The molecule has 0 bridgehead atoms. The summed E-state index contributed by atoms with van der Waals surface area (Å²) in [6.07, 6.45) is 30.5. The molecule has 0 aromatic heterocycles. The van der Waals surface area contributed by atoms with Crippen LogP contribution in [-0.2, 0) is 0 Å². The molecule has 0 aromatic carbocycles. The van der Waals surface area contributed by atoms with E-state index in [1.807, 2.05) is 0 Å². The molecule has 163 valence electrons. The summed E-state index contributed by atoms with van der Waals surface area (Å²) in [4.78, 5) is 0. The molecule has 0 aliphatic carbocycles. The average molecular weight is 396 g/mol. The van der Waals surface area contributed by atoms with Gasteiger partial charge in [0.25, 0.3) is 0 Å². The van der Waals surface area contributed by atoms with Gasteiger partial charge in [-0.3, -0.25) is 0 Å². The summed E-state index contributed by atoms with van der Waals surface area (Å²) in [5.41, 5.74) is 0. The van der Waals surface area contributed by atoms with Crippen molar-refractivity contribution < 1.29 is 0 Å². The van der Waals surface area contributed by atoms with Crippen LogP contribution in [0.3, 0.4) is 0 Å². The Balaban J connectivity index is 3.01. The molecule has 0 atom stereocenters. The van der Waals surface area contributed by atoms with Crippen LogP contribution in [0.4, 0.5) is 0 Å². The zero-order chi connectivity index (χ0) is 20.1. The fraction of sp³-hybridized carbons (Fsp3) is 0.962. The first-order chi connectivity index (χ1) is 13.1. The maximum absolute atomic E-state index is 3.91. The molecule has 0 amide bonds. The normalized spacial score (nSPS) is 12.0. The van der Waals surface area contributed by atoms with Crippen LogP contribution in [0.25, 0.3) is 0 Å². The van der Waals surface area contributed by atoms with Gasteiger partial charge in [0, 0.05) is 8.07 Å². The van der Waals surface area contributed by atoms with E-state index in [2.05, 4.69) is 26.6 Å². The first kappa shape index (κ1) is 27.2. The van der Waals surface area contributed by atoms with Crippen LogP contribution in [0.15, 0.2) is 0 Å². The third-order valence-electron chi connectivity index (χ3n) is 5.93. The predicted octanol–water partition coefficient (Wildman–Crippen LogP) is 10.4. The summed E-state index contributed by atoms with van der Waals surface area (Å²) in [6.45, 7) is 11.4. The monoisotopic (exact) mass is 395 g/mol. The van der Waals surface area contributed by atoms with Gasteiger partial charge in [-0.1, -0.05) is 167 Å². The molecule has 0 nitrogen and oxygen atoms in total. The van der Waals surface area contributed by atoms with Crippen molar-refractivity contribution in [2.45, 2.75) is 161 Å². The molecule has 0 aliphatic rings. The van der Waals surface area contributed by atoms with Crippen LogP contribution in [0.2, 0.25) is 25.7 Å². The van der Waals surface area contributed by atoms with Crippen LogP contribution in [-0.4, -0.2) is 8.07 Å². The van der Waals surface area contributed by atoms with Gasteiger partial charge in [-0.25, -0.2) is 0 Å². The topological polar surface area (TPSA) is 0 Å². The third-order valence-corrected chi connectivity index (χ3v) is 7.78. The van der Waals surface area contributed by atoms with E-state index in [4.69, 9.17) is 0 Å². The summed E-state index contributed by atoms with van der Waals surface area (Å²) in [5, 5.41) is 0. The summed E-state index contributed by atoms with van der Waals surface area (Å²) in [6, 6.07) is 1.53. The third kappa shape index (κ3) is 26.2. The Morgan fingerprint density at radius 1 is 0.370 bits per heavy atom. The molecule has 0 aliphatic heterocycles.